The maximum atomic E-state index is 12.6. The lowest BCUT2D eigenvalue weighted by molar-refractivity contribution is 0.102. The molecule has 0 radical (unpaired) electrons. The normalized spacial score (nSPS) is 14.3. The molecule has 2 aromatic carbocycles. The number of hydrogen-bond acceptors (Lipinski definition) is 7. The summed E-state index contributed by atoms with van der Waals surface area (Å²) in [5, 5.41) is 5.17. The summed E-state index contributed by atoms with van der Waals surface area (Å²) in [7, 11) is -3.32. The molecule has 0 unspecified atom stereocenters. The van der Waals surface area contributed by atoms with Gasteiger partial charge in [-0.3, -0.25) is 14.8 Å². The van der Waals surface area contributed by atoms with Crippen molar-refractivity contribution in [3.63, 3.8) is 0 Å². The molecular formula is C21H22N4O4S2. The SMILES string of the molecule is CS(=O)(=O)Nc1ccc(-c2csc(NC(=O)c3ccc(N4CCOCC4)cc3)n2)cc1. The van der Waals surface area contributed by atoms with Crippen molar-refractivity contribution >= 4 is 43.8 Å². The molecule has 0 spiro atoms. The zero-order valence-corrected chi connectivity index (χ0v) is 18.5. The first kappa shape index (κ1) is 21.3. The van der Waals surface area contributed by atoms with Crippen molar-refractivity contribution in [2.24, 2.45) is 0 Å². The Morgan fingerprint density at radius 1 is 1.06 bits per heavy atom. The minimum atomic E-state index is -3.32. The summed E-state index contributed by atoms with van der Waals surface area (Å²) in [6.45, 7) is 3.12. The number of hydrogen-bond donors (Lipinski definition) is 2. The number of carbonyl (C=O) groups excluding carboxylic acids is 1. The smallest absolute Gasteiger partial charge is 0.257 e. The summed E-state index contributed by atoms with van der Waals surface area (Å²) < 4.78 is 30.4. The highest BCUT2D eigenvalue weighted by Gasteiger charge is 2.14. The summed E-state index contributed by atoms with van der Waals surface area (Å²) in [5.41, 5.74) is 3.64. The lowest BCUT2D eigenvalue weighted by Gasteiger charge is -2.28. The highest BCUT2D eigenvalue weighted by molar-refractivity contribution is 7.92. The predicted octanol–water partition coefficient (Wildman–Crippen LogP) is 3.27. The van der Waals surface area contributed by atoms with E-state index in [9.17, 15) is 13.2 Å². The third-order valence-electron chi connectivity index (χ3n) is 4.71. The highest BCUT2D eigenvalue weighted by atomic mass is 32.2. The van der Waals surface area contributed by atoms with Crippen molar-refractivity contribution in [2.45, 2.75) is 0 Å². The van der Waals surface area contributed by atoms with Gasteiger partial charge in [-0.25, -0.2) is 13.4 Å². The van der Waals surface area contributed by atoms with Gasteiger partial charge in [0.1, 0.15) is 0 Å². The first-order chi connectivity index (χ1) is 14.9. The molecule has 2 N–H and O–H groups in total. The molecule has 1 amide bonds. The number of nitrogens with zero attached hydrogens (tertiary/aromatic N) is 2. The number of nitrogens with one attached hydrogen (secondary N) is 2. The van der Waals surface area contributed by atoms with Crippen LogP contribution in [-0.4, -0.2) is 51.9 Å². The molecule has 162 valence electrons. The van der Waals surface area contributed by atoms with Gasteiger partial charge in [-0.2, -0.15) is 0 Å². The molecular weight excluding hydrogens is 436 g/mol. The number of carbonyl (C=O) groups is 1. The summed E-state index contributed by atoms with van der Waals surface area (Å²) >= 11 is 1.33. The van der Waals surface area contributed by atoms with Crippen LogP contribution in [0.5, 0.6) is 0 Å². The second kappa shape index (κ2) is 9.04. The second-order valence-corrected chi connectivity index (χ2v) is 9.70. The fourth-order valence-corrected chi connectivity index (χ4v) is 4.48. The summed E-state index contributed by atoms with van der Waals surface area (Å²) in [6, 6.07) is 14.4. The van der Waals surface area contributed by atoms with Crippen LogP contribution in [0.1, 0.15) is 10.4 Å². The Balaban J connectivity index is 1.39. The van der Waals surface area contributed by atoms with E-state index in [1.165, 1.54) is 11.3 Å². The number of anilines is 3. The first-order valence-corrected chi connectivity index (χ1v) is 12.4. The number of sulfonamides is 1. The Kier molecular flexibility index (Phi) is 6.21. The van der Waals surface area contributed by atoms with Gasteiger partial charge in [-0.1, -0.05) is 12.1 Å². The lowest BCUT2D eigenvalue weighted by atomic mass is 10.1. The standard InChI is InChI=1S/C21H22N4O4S2/c1-31(27,28)24-17-6-2-15(3-7-17)19-14-30-21(22-19)23-20(26)16-4-8-18(9-5-16)25-10-12-29-13-11-25/h2-9,14,24H,10-13H2,1H3,(H,22,23,26). The number of aromatic nitrogens is 1. The number of amides is 1. The van der Waals surface area contributed by atoms with E-state index in [4.69, 9.17) is 4.74 Å². The van der Waals surface area contributed by atoms with E-state index in [-0.39, 0.29) is 5.91 Å². The Bertz CT molecular complexity index is 1150. The Hall–Kier alpha value is -2.95. The molecule has 3 aromatic rings. The van der Waals surface area contributed by atoms with Crippen molar-refractivity contribution in [1.29, 1.82) is 0 Å². The average molecular weight is 459 g/mol. The molecule has 8 nitrogen and oxygen atoms in total. The van der Waals surface area contributed by atoms with Gasteiger partial charge < -0.3 is 9.64 Å². The van der Waals surface area contributed by atoms with E-state index in [2.05, 4.69) is 19.9 Å². The molecule has 1 aliphatic heterocycles. The zero-order chi connectivity index (χ0) is 21.8. The molecule has 1 aromatic heterocycles. The summed E-state index contributed by atoms with van der Waals surface area (Å²) in [6.07, 6.45) is 1.10. The third-order valence-corrected chi connectivity index (χ3v) is 6.08. The predicted molar refractivity (Wildman–Crippen MR) is 123 cm³/mol. The molecule has 1 fully saturated rings. The quantitative estimate of drug-likeness (QED) is 0.588. The molecule has 10 heteroatoms. The van der Waals surface area contributed by atoms with Crippen molar-refractivity contribution in [1.82, 2.24) is 4.98 Å². The van der Waals surface area contributed by atoms with Gasteiger partial charge in [-0.05, 0) is 36.4 Å². The Labute approximate surface area is 184 Å². The van der Waals surface area contributed by atoms with Gasteiger partial charge in [-0.15, -0.1) is 11.3 Å². The van der Waals surface area contributed by atoms with Crippen LogP contribution < -0.4 is 14.9 Å². The lowest BCUT2D eigenvalue weighted by Crippen LogP contribution is -2.36. The molecule has 2 heterocycles. The van der Waals surface area contributed by atoms with Crippen molar-refractivity contribution < 1.29 is 17.9 Å². The first-order valence-electron chi connectivity index (χ1n) is 9.65. The van der Waals surface area contributed by atoms with Gasteiger partial charge in [0, 0.05) is 41.0 Å². The van der Waals surface area contributed by atoms with E-state index < -0.39 is 10.0 Å². The van der Waals surface area contributed by atoms with Crippen molar-refractivity contribution in [3.05, 3.63) is 59.5 Å². The number of ether oxygens (including phenoxy) is 1. The van der Waals surface area contributed by atoms with Crippen LogP contribution in [-0.2, 0) is 14.8 Å². The van der Waals surface area contributed by atoms with E-state index in [1.54, 1.807) is 24.3 Å². The summed E-state index contributed by atoms with van der Waals surface area (Å²) in [5.74, 6) is -0.220. The molecule has 0 saturated carbocycles. The fourth-order valence-electron chi connectivity index (χ4n) is 3.20. The van der Waals surface area contributed by atoms with Crippen LogP contribution >= 0.6 is 11.3 Å². The largest absolute Gasteiger partial charge is 0.378 e. The zero-order valence-electron chi connectivity index (χ0n) is 16.9. The third kappa shape index (κ3) is 5.60. The van der Waals surface area contributed by atoms with Gasteiger partial charge in [0.25, 0.3) is 5.91 Å². The van der Waals surface area contributed by atoms with E-state index in [0.29, 0.717) is 35.3 Å². The molecule has 0 aliphatic carbocycles. The molecule has 1 aliphatic rings. The topological polar surface area (TPSA) is 101 Å². The van der Waals surface area contributed by atoms with E-state index >= 15 is 0 Å². The number of rotatable bonds is 6. The molecule has 0 bridgehead atoms. The highest BCUT2D eigenvalue weighted by Crippen LogP contribution is 2.27. The van der Waals surface area contributed by atoms with Gasteiger partial charge in [0.2, 0.25) is 10.0 Å². The molecule has 1 saturated heterocycles. The minimum Gasteiger partial charge on any atom is -0.378 e. The van der Waals surface area contributed by atoms with Crippen LogP contribution in [0.3, 0.4) is 0 Å². The van der Waals surface area contributed by atoms with Crippen LogP contribution in [0.25, 0.3) is 11.3 Å². The monoisotopic (exact) mass is 458 g/mol. The minimum absolute atomic E-state index is 0.220. The maximum Gasteiger partial charge on any atom is 0.257 e. The van der Waals surface area contributed by atoms with Crippen LogP contribution in [0, 0.1) is 0 Å². The Morgan fingerprint density at radius 2 is 1.74 bits per heavy atom. The van der Waals surface area contributed by atoms with Crippen LogP contribution in [0.4, 0.5) is 16.5 Å². The number of benzene rings is 2. The Morgan fingerprint density at radius 3 is 2.39 bits per heavy atom. The van der Waals surface area contributed by atoms with Gasteiger partial charge >= 0.3 is 0 Å². The number of thiazole rings is 1. The van der Waals surface area contributed by atoms with Gasteiger partial charge in [0.15, 0.2) is 5.13 Å². The van der Waals surface area contributed by atoms with E-state index in [1.807, 2.05) is 29.6 Å². The average Bonchev–Trinajstić information content (AvgIpc) is 3.22. The second-order valence-electron chi connectivity index (χ2n) is 7.09. The van der Waals surface area contributed by atoms with E-state index in [0.717, 1.165) is 30.6 Å². The number of morpholine rings is 1. The fraction of sp³-hybridized carbons (Fsp3) is 0.238. The van der Waals surface area contributed by atoms with Crippen LogP contribution in [0.2, 0.25) is 0 Å². The maximum absolute atomic E-state index is 12.6. The van der Waals surface area contributed by atoms with Crippen LogP contribution in [0.15, 0.2) is 53.9 Å². The van der Waals surface area contributed by atoms with Crippen molar-refractivity contribution in [2.75, 3.05) is 47.5 Å². The molecule has 31 heavy (non-hydrogen) atoms. The van der Waals surface area contributed by atoms with Gasteiger partial charge in [0.05, 0.1) is 25.2 Å². The summed E-state index contributed by atoms with van der Waals surface area (Å²) in [4.78, 5) is 19.3. The van der Waals surface area contributed by atoms with Crippen molar-refractivity contribution in [3.8, 4) is 11.3 Å². The molecule has 4 rings (SSSR count). The molecule has 0 atom stereocenters.